The van der Waals surface area contributed by atoms with Gasteiger partial charge in [-0.25, -0.2) is 0 Å². The second-order valence-electron chi connectivity index (χ2n) is 5.38. The van der Waals surface area contributed by atoms with Gasteiger partial charge in [-0.1, -0.05) is 6.07 Å². The van der Waals surface area contributed by atoms with E-state index in [1.807, 2.05) is 19.1 Å². The van der Waals surface area contributed by atoms with Crippen LogP contribution < -0.4 is 0 Å². The average Bonchev–Trinajstić information content (AvgIpc) is 2.46. The molecule has 4 heteroatoms. The molecule has 20 heavy (non-hydrogen) atoms. The van der Waals surface area contributed by atoms with Gasteiger partial charge in [0, 0.05) is 0 Å². The van der Waals surface area contributed by atoms with Crippen LogP contribution in [0.1, 0.15) is 42.4 Å². The quantitative estimate of drug-likeness (QED) is 0.915. The highest BCUT2D eigenvalue weighted by atomic mass is 16.5. The Morgan fingerprint density at radius 3 is 2.65 bits per heavy atom. The number of hydrogen-bond acceptors (Lipinski definition) is 3. The first-order valence-electron chi connectivity index (χ1n) is 6.94. The van der Waals surface area contributed by atoms with Crippen molar-refractivity contribution in [2.45, 2.75) is 45.3 Å². The topological polar surface area (TPSA) is 70.3 Å². The van der Waals surface area contributed by atoms with Crippen molar-refractivity contribution >= 4 is 5.97 Å². The summed E-state index contributed by atoms with van der Waals surface area (Å²) < 4.78 is 5.88. The Balaban J connectivity index is 1.85. The van der Waals surface area contributed by atoms with Gasteiger partial charge < -0.3 is 9.84 Å². The standard InChI is InChI=1S/C16H19NO3/c1-11-8-12(9-17)2-3-14(11)10-20-15-6-4-13(5-7-15)16(18)19/h2-3,8,13,15H,4-7,10H2,1H3,(H,18,19). The summed E-state index contributed by atoms with van der Waals surface area (Å²) in [6.07, 6.45) is 3.18. The fourth-order valence-corrected chi connectivity index (χ4v) is 2.61. The molecule has 0 bridgehead atoms. The summed E-state index contributed by atoms with van der Waals surface area (Å²) in [4.78, 5) is 10.9. The van der Waals surface area contributed by atoms with Crippen LogP contribution in [0.4, 0.5) is 0 Å². The number of ether oxygens (including phenoxy) is 1. The van der Waals surface area contributed by atoms with Gasteiger partial charge in [-0.15, -0.1) is 0 Å². The van der Waals surface area contributed by atoms with Crippen LogP contribution in [0, 0.1) is 24.2 Å². The van der Waals surface area contributed by atoms with Crippen molar-refractivity contribution in [1.82, 2.24) is 0 Å². The van der Waals surface area contributed by atoms with Crippen LogP contribution in [-0.2, 0) is 16.1 Å². The van der Waals surface area contributed by atoms with E-state index in [9.17, 15) is 4.79 Å². The van der Waals surface area contributed by atoms with Gasteiger partial charge in [-0.05, 0) is 55.9 Å². The van der Waals surface area contributed by atoms with Crippen LogP contribution in [-0.4, -0.2) is 17.2 Å². The maximum Gasteiger partial charge on any atom is 0.306 e. The number of aliphatic carboxylic acids is 1. The molecular weight excluding hydrogens is 254 g/mol. The fraction of sp³-hybridized carbons (Fsp3) is 0.500. The number of carbonyl (C=O) groups is 1. The Morgan fingerprint density at radius 1 is 1.40 bits per heavy atom. The Labute approximate surface area is 119 Å². The Bertz CT molecular complexity index is 525. The molecule has 1 saturated carbocycles. The minimum atomic E-state index is -0.689. The highest BCUT2D eigenvalue weighted by Gasteiger charge is 2.26. The van der Waals surface area contributed by atoms with Gasteiger partial charge in [0.15, 0.2) is 0 Å². The Hall–Kier alpha value is -1.86. The molecule has 1 aromatic rings. The van der Waals surface area contributed by atoms with Gasteiger partial charge in [-0.3, -0.25) is 4.79 Å². The maximum absolute atomic E-state index is 10.9. The first-order valence-corrected chi connectivity index (χ1v) is 6.94. The first-order chi connectivity index (χ1) is 9.60. The van der Waals surface area contributed by atoms with E-state index < -0.39 is 5.97 Å². The Kier molecular flexibility index (Phi) is 4.75. The zero-order valence-corrected chi connectivity index (χ0v) is 11.6. The zero-order chi connectivity index (χ0) is 14.5. The highest BCUT2D eigenvalue weighted by Crippen LogP contribution is 2.27. The minimum Gasteiger partial charge on any atom is -0.481 e. The van der Waals surface area contributed by atoms with Gasteiger partial charge >= 0.3 is 5.97 Å². The van der Waals surface area contributed by atoms with E-state index in [4.69, 9.17) is 15.1 Å². The first kappa shape index (κ1) is 14.5. The molecule has 0 saturated heterocycles. The lowest BCUT2D eigenvalue weighted by atomic mass is 9.87. The second-order valence-corrected chi connectivity index (χ2v) is 5.38. The van der Waals surface area contributed by atoms with E-state index in [2.05, 4.69) is 6.07 Å². The van der Waals surface area contributed by atoms with Crippen LogP contribution >= 0.6 is 0 Å². The molecule has 0 aromatic heterocycles. The molecule has 1 aromatic carbocycles. The third-order valence-corrected chi connectivity index (χ3v) is 3.97. The monoisotopic (exact) mass is 273 g/mol. The molecule has 1 aliphatic carbocycles. The summed E-state index contributed by atoms with van der Waals surface area (Å²) in [5.41, 5.74) is 2.81. The number of nitrogens with zero attached hydrogens (tertiary/aromatic N) is 1. The van der Waals surface area contributed by atoms with Gasteiger partial charge in [0.25, 0.3) is 0 Å². The molecular formula is C16H19NO3. The summed E-state index contributed by atoms with van der Waals surface area (Å²) in [5, 5.41) is 17.8. The minimum absolute atomic E-state index is 0.153. The number of benzene rings is 1. The van der Waals surface area contributed by atoms with Gasteiger partial charge in [0.1, 0.15) is 0 Å². The molecule has 0 heterocycles. The Morgan fingerprint density at radius 2 is 2.10 bits per heavy atom. The van der Waals surface area contributed by atoms with Crippen LogP contribution in [0.15, 0.2) is 18.2 Å². The molecule has 0 amide bonds. The molecule has 106 valence electrons. The SMILES string of the molecule is Cc1cc(C#N)ccc1COC1CCC(C(=O)O)CC1. The van der Waals surface area contributed by atoms with Crippen molar-refractivity contribution in [3.63, 3.8) is 0 Å². The van der Waals surface area contributed by atoms with Crippen molar-refractivity contribution < 1.29 is 14.6 Å². The number of carboxylic acid groups (broad SMARTS) is 1. The van der Waals surface area contributed by atoms with Crippen molar-refractivity contribution in [3.8, 4) is 6.07 Å². The zero-order valence-electron chi connectivity index (χ0n) is 11.6. The van der Waals surface area contributed by atoms with Crippen molar-refractivity contribution in [3.05, 3.63) is 34.9 Å². The van der Waals surface area contributed by atoms with Crippen molar-refractivity contribution in [1.29, 1.82) is 5.26 Å². The van der Waals surface area contributed by atoms with E-state index in [1.54, 1.807) is 6.07 Å². The van der Waals surface area contributed by atoms with E-state index >= 15 is 0 Å². The van der Waals surface area contributed by atoms with Crippen LogP contribution in [0.2, 0.25) is 0 Å². The number of carboxylic acids is 1. The lowest BCUT2D eigenvalue weighted by Crippen LogP contribution is -2.26. The molecule has 2 rings (SSSR count). The van der Waals surface area contributed by atoms with Gasteiger partial charge in [0.05, 0.1) is 30.3 Å². The number of hydrogen-bond donors (Lipinski definition) is 1. The van der Waals surface area contributed by atoms with Crippen molar-refractivity contribution in [2.24, 2.45) is 5.92 Å². The third-order valence-electron chi connectivity index (χ3n) is 3.97. The molecule has 1 aliphatic rings. The van der Waals surface area contributed by atoms with E-state index in [-0.39, 0.29) is 12.0 Å². The summed E-state index contributed by atoms with van der Waals surface area (Å²) in [7, 11) is 0. The molecule has 0 unspecified atom stereocenters. The van der Waals surface area contributed by atoms with E-state index in [0.717, 1.165) is 24.0 Å². The lowest BCUT2D eigenvalue weighted by molar-refractivity contribution is -0.143. The molecule has 0 aliphatic heterocycles. The summed E-state index contributed by atoms with van der Waals surface area (Å²) >= 11 is 0. The molecule has 0 radical (unpaired) electrons. The molecule has 0 atom stereocenters. The molecule has 1 fully saturated rings. The molecule has 0 spiro atoms. The fourth-order valence-electron chi connectivity index (χ4n) is 2.61. The third kappa shape index (κ3) is 3.58. The average molecular weight is 273 g/mol. The van der Waals surface area contributed by atoms with E-state index in [0.29, 0.717) is 25.0 Å². The predicted octanol–water partition coefficient (Wildman–Crippen LogP) is 3.03. The summed E-state index contributed by atoms with van der Waals surface area (Å²) in [6.45, 7) is 2.50. The molecule has 4 nitrogen and oxygen atoms in total. The number of aryl methyl sites for hydroxylation is 1. The number of nitriles is 1. The maximum atomic E-state index is 10.9. The highest BCUT2D eigenvalue weighted by molar-refractivity contribution is 5.70. The van der Waals surface area contributed by atoms with Crippen LogP contribution in [0.25, 0.3) is 0 Å². The second kappa shape index (κ2) is 6.53. The molecule has 1 N–H and O–H groups in total. The normalized spacial score (nSPS) is 22.2. The smallest absolute Gasteiger partial charge is 0.306 e. The predicted molar refractivity (Wildman–Crippen MR) is 74.1 cm³/mol. The van der Waals surface area contributed by atoms with Crippen LogP contribution in [0.5, 0.6) is 0 Å². The summed E-state index contributed by atoms with van der Waals surface area (Å²) in [5.74, 6) is -0.891. The largest absolute Gasteiger partial charge is 0.481 e. The van der Waals surface area contributed by atoms with Gasteiger partial charge in [0.2, 0.25) is 0 Å². The lowest BCUT2D eigenvalue weighted by Gasteiger charge is -2.26. The van der Waals surface area contributed by atoms with Crippen molar-refractivity contribution in [2.75, 3.05) is 0 Å². The van der Waals surface area contributed by atoms with E-state index in [1.165, 1.54) is 0 Å². The van der Waals surface area contributed by atoms with Gasteiger partial charge in [-0.2, -0.15) is 5.26 Å². The number of rotatable bonds is 4. The summed E-state index contributed by atoms with van der Waals surface area (Å²) in [6, 6.07) is 7.71. The van der Waals surface area contributed by atoms with Crippen LogP contribution in [0.3, 0.4) is 0 Å².